The third-order valence-electron chi connectivity index (χ3n) is 3.47. The van der Waals surface area contributed by atoms with Gasteiger partial charge in [-0.2, -0.15) is 0 Å². The highest BCUT2D eigenvalue weighted by Gasteiger charge is 2.34. The predicted octanol–water partition coefficient (Wildman–Crippen LogP) is 1.33. The number of hydrogen-bond donors (Lipinski definition) is 1. The third kappa shape index (κ3) is 3.51. The number of hydrogen-bond acceptors (Lipinski definition) is 3. The van der Waals surface area contributed by atoms with E-state index in [0.717, 1.165) is 0 Å². The molecule has 21 heavy (non-hydrogen) atoms. The van der Waals surface area contributed by atoms with Crippen LogP contribution in [0.15, 0.2) is 24.3 Å². The lowest BCUT2D eigenvalue weighted by atomic mass is 10.1. The van der Waals surface area contributed by atoms with E-state index in [1.54, 1.807) is 11.8 Å². The Morgan fingerprint density at radius 3 is 2.76 bits per heavy atom. The zero-order valence-electron chi connectivity index (χ0n) is 12.1. The van der Waals surface area contributed by atoms with Gasteiger partial charge in [0.15, 0.2) is 6.10 Å². The lowest BCUT2D eigenvalue weighted by molar-refractivity contribution is -0.148. The average molecular weight is 294 g/mol. The fourth-order valence-corrected chi connectivity index (χ4v) is 2.39. The highest BCUT2D eigenvalue weighted by atomic mass is 19.1. The zero-order valence-corrected chi connectivity index (χ0v) is 12.1. The SMILES string of the molecule is CCC1C(=O)NCCN1C(=O)C(C)Oc1ccc(F)cc1. The lowest BCUT2D eigenvalue weighted by Crippen LogP contribution is -2.59. The van der Waals surface area contributed by atoms with Gasteiger partial charge in [0.2, 0.25) is 5.91 Å². The first-order valence-corrected chi connectivity index (χ1v) is 7.03. The van der Waals surface area contributed by atoms with Crippen LogP contribution in [0.4, 0.5) is 4.39 Å². The van der Waals surface area contributed by atoms with Crippen molar-refractivity contribution in [2.45, 2.75) is 32.4 Å². The van der Waals surface area contributed by atoms with Crippen molar-refractivity contribution in [1.82, 2.24) is 10.2 Å². The van der Waals surface area contributed by atoms with Crippen molar-refractivity contribution in [3.63, 3.8) is 0 Å². The number of carbonyl (C=O) groups excluding carboxylic acids is 2. The van der Waals surface area contributed by atoms with Crippen molar-refractivity contribution in [3.05, 3.63) is 30.1 Å². The van der Waals surface area contributed by atoms with Crippen LogP contribution in [0.1, 0.15) is 20.3 Å². The van der Waals surface area contributed by atoms with E-state index >= 15 is 0 Å². The maximum atomic E-state index is 12.8. The van der Waals surface area contributed by atoms with E-state index in [1.807, 2.05) is 6.92 Å². The van der Waals surface area contributed by atoms with Gasteiger partial charge in [-0.1, -0.05) is 6.92 Å². The smallest absolute Gasteiger partial charge is 0.264 e. The van der Waals surface area contributed by atoms with Crippen molar-refractivity contribution in [3.8, 4) is 5.75 Å². The third-order valence-corrected chi connectivity index (χ3v) is 3.47. The van der Waals surface area contributed by atoms with E-state index in [2.05, 4.69) is 5.32 Å². The number of benzene rings is 1. The minimum atomic E-state index is -0.726. The molecule has 1 aliphatic heterocycles. The highest BCUT2D eigenvalue weighted by molar-refractivity contribution is 5.90. The standard InChI is InChI=1S/C15H19FN2O3/c1-3-13-14(19)17-8-9-18(13)15(20)10(2)21-12-6-4-11(16)5-7-12/h4-7,10,13H,3,8-9H2,1-2H3,(H,17,19). The number of piperazine rings is 1. The zero-order chi connectivity index (χ0) is 15.4. The first-order valence-electron chi connectivity index (χ1n) is 7.03. The quantitative estimate of drug-likeness (QED) is 0.911. The van der Waals surface area contributed by atoms with Crippen molar-refractivity contribution in [2.75, 3.05) is 13.1 Å². The number of ether oxygens (including phenoxy) is 1. The fraction of sp³-hybridized carbons (Fsp3) is 0.467. The van der Waals surface area contributed by atoms with Crippen molar-refractivity contribution in [2.24, 2.45) is 0 Å². The summed E-state index contributed by atoms with van der Waals surface area (Å²) in [6.07, 6.45) is -0.170. The van der Waals surface area contributed by atoms with Crippen LogP contribution in [0.3, 0.4) is 0 Å². The summed E-state index contributed by atoms with van der Waals surface area (Å²) in [6, 6.07) is 5.04. The molecular weight excluding hydrogens is 275 g/mol. The van der Waals surface area contributed by atoms with Crippen LogP contribution in [-0.4, -0.2) is 41.9 Å². The van der Waals surface area contributed by atoms with Crippen LogP contribution in [0.25, 0.3) is 0 Å². The Kier molecular flexibility index (Phi) is 4.77. The van der Waals surface area contributed by atoms with E-state index in [1.165, 1.54) is 24.3 Å². The Bertz CT molecular complexity index is 518. The second-order valence-electron chi connectivity index (χ2n) is 4.96. The molecule has 2 unspecified atom stereocenters. The molecule has 1 aliphatic rings. The van der Waals surface area contributed by atoms with Gasteiger partial charge in [0, 0.05) is 13.1 Å². The molecule has 0 saturated carbocycles. The summed E-state index contributed by atoms with van der Waals surface area (Å²) in [6.45, 7) is 4.41. The second kappa shape index (κ2) is 6.56. The number of amides is 2. The Balaban J connectivity index is 2.04. The van der Waals surface area contributed by atoms with Crippen LogP contribution in [0, 0.1) is 5.82 Å². The molecule has 1 N–H and O–H groups in total. The van der Waals surface area contributed by atoms with Crippen molar-refractivity contribution < 1.29 is 18.7 Å². The van der Waals surface area contributed by atoms with Gasteiger partial charge in [0.1, 0.15) is 17.6 Å². The topological polar surface area (TPSA) is 58.6 Å². The van der Waals surface area contributed by atoms with Crippen molar-refractivity contribution >= 4 is 11.8 Å². The van der Waals surface area contributed by atoms with E-state index < -0.39 is 12.1 Å². The molecule has 0 aromatic heterocycles. The summed E-state index contributed by atoms with van der Waals surface area (Å²) in [4.78, 5) is 25.8. The molecule has 114 valence electrons. The van der Waals surface area contributed by atoms with Crippen LogP contribution < -0.4 is 10.1 Å². The lowest BCUT2D eigenvalue weighted by Gasteiger charge is -2.35. The molecule has 1 saturated heterocycles. The molecule has 2 amide bonds. The van der Waals surface area contributed by atoms with Gasteiger partial charge in [-0.05, 0) is 37.6 Å². The molecule has 0 spiro atoms. The number of carbonyl (C=O) groups is 2. The first kappa shape index (κ1) is 15.3. The number of rotatable bonds is 4. The molecule has 0 radical (unpaired) electrons. The molecule has 2 rings (SSSR count). The molecule has 0 bridgehead atoms. The largest absolute Gasteiger partial charge is 0.481 e. The van der Waals surface area contributed by atoms with E-state index in [0.29, 0.717) is 25.3 Å². The van der Waals surface area contributed by atoms with Gasteiger partial charge in [-0.3, -0.25) is 9.59 Å². The van der Waals surface area contributed by atoms with Crippen LogP contribution in [-0.2, 0) is 9.59 Å². The summed E-state index contributed by atoms with van der Waals surface area (Å²) in [5.74, 6) is -0.307. The van der Waals surface area contributed by atoms with Crippen LogP contribution in [0.2, 0.25) is 0 Å². The van der Waals surface area contributed by atoms with E-state index in [9.17, 15) is 14.0 Å². The van der Waals surface area contributed by atoms with Crippen LogP contribution in [0.5, 0.6) is 5.75 Å². The normalized spacial score (nSPS) is 19.9. The summed E-state index contributed by atoms with van der Waals surface area (Å²) in [5, 5.41) is 2.75. The maximum Gasteiger partial charge on any atom is 0.264 e. The Morgan fingerprint density at radius 2 is 2.14 bits per heavy atom. The Hall–Kier alpha value is -2.11. The maximum absolute atomic E-state index is 12.8. The molecule has 0 aliphatic carbocycles. The number of nitrogens with one attached hydrogen (secondary N) is 1. The first-order chi connectivity index (χ1) is 10.0. The highest BCUT2D eigenvalue weighted by Crippen LogP contribution is 2.16. The molecule has 6 heteroatoms. The Labute approximate surface area is 123 Å². The van der Waals surface area contributed by atoms with Gasteiger partial charge in [-0.25, -0.2) is 4.39 Å². The molecule has 5 nitrogen and oxygen atoms in total. The van der Waals surface area contributed by atoms with Crippen molar-refractivity contribution in [1.29, 1.82) is 0 Å². The van der Waals surface area contributed by atoms with E-state index in [-0.39, 0.29) is 17.6 Å². The summed E-state index contributed by atoms with van der Waals surface area (Å²) >= 11 is 0. The van der Waals surface area contributed by atoms with Gasteiger partial charge in [0.05, 0.1) is 0 Å². The number of halogens is 1. The minimum absolute atomic E-state index is 0.133. The minimum Gasteiger partial charge on any atom is -0.481 e. The number of nitrogens with zero attached hydrogens (tertiary/aromatic N) is 1. The molecule has 1 aromatic rings. The van der Waals surface area contributed by atoms with Gasteiger partial charge in [-0.15, -0.1) is 0 Å². The summed E-state index contributed by atoms with van der Waals surface area (Å²) in [5.41, 5.74) is 0. The fourth-order valence-electron chi connectivity index (χ4n) is 2.39. The molecule has 1 fully saturated rings. The summed E-state index contributed by atoms with van der Waals surface area (Å²) in [7, 11) is 0. The second-order valence-corrected chi connectivity index (χ2v) is 4.96. The predicted molar refractivity (Wildman–Crippen MR) is 75.3 cm³/mol. The molecule has 2 atom stereocenters. The molecule has 1 heterocycles. The molecular formula is C15H19FN2O3. The van der Waals surface area contributed by atoms with Gasteiger partial charge >= 0.3 is 0 Å². The monoisotopic (exact) mass is 294 g/mol. The average Bonchev–Trinajstić information content (AvgIpc) is 2.48. The molecule has 1 aromatic carbocycles. The van der Waals surface area contributed by atoms with Gasteiger partial charge < -0.3 is 15.0 Å². The summed E-state index contributed by atoms with van der Waals surface area (Å²) < 4.78 is 18.4. The van der Waals surface area contributed by atoms with E-state index in [4.69, 9.17) is 4.74 Å². The Morgan fingerprint density at radius 1 is 1.48 bits per heavy atom. The van der Waals surface area contributed by atoms with Gasteiger partial charge in [0.25, 0.3) is 5.91 Å². The van der Waals surface area contributed by atoms with Crippen LogP contribution >= 0.6 is 0 Å².